The number of hydrogen-bond donors (Lipinski definition) is 2. The first-order chi connectivity index (χ1) is 9.63. The number of methoxy groups -OCH3 is 3. The van der Waals surface area contributed by atoms with Crippen LogP contribution in [-0.2, 0) is 0 Å². The fourth-order valence-electron chi connectivity index (χ4n) is 2.89. The Morgan fingerprint density at radius 1 is 1.15 bits per heavy atom. The van der Waals surface area contributed by atoms with Gasteiger partial charge in [-0.05, 0) is 25.0 Å². The Bertz CT molecular complexity index is 466. The summed E-state index contributed by atoms with van der Waals surface area (Å²) >= 11 is 0. The molecule has 20 heavy (non-hydrogen) atoms. The first-order valence-corrected chi connectivity index (χ1v) is 6.80. The number of rotatable bonds is 6. The van der Waals surface area contributed by atoms with Crippen molar-refractivity contribution in [1.82, 2.24) is 0 Å². The molecular weight excluding hydrogens is 258 g/mol. The van der Waals surface area contributed by atoms with Crippen LogP contribution >= 0.6 is 0 Å². The molecule has 1 aliphatic carbocycles. The summed E-state index contributed by atoms with van der Waals surface area (Å²) in [5, 5.41) is 10.7. The molecule has 1 aliphatic rings. The van der Waals surface area contributed by atoms with Crippen molar-refractivity contribution in [3.05, 3.63) is 17.7 Å². The van der Waals surface area contributed by atoms with Crippen LogP contribution in [0.3, 0.4) is 0 Å². The molecule has 1 saturated carbocycles. The molecule has 0 amide bonds. The van der Waals surface area contributed by atoms with Crippen molar-refractivity contribution in [3.8, 4) is 17.2 Å². The summed E-state index contributed by atoms with van der Waals surface area (Å²) in [4.78, 5) is 0. The van der Waals surface area contributed by atoms with Crippen LogP contribution in [0.5, 0.6) is 17.2 Å². The largest absolute Gasteiger partial charge is 0.493 e. The Labute approximate surface area is 119 Å². The topological polar surface area (TPSA) is 73.9 Å². The molecule has 5 heteroatoms. The third-order valence-corrected chi connectivity index (χ3v) is 4.37. The maximum atomic E-state index is 10.7. The minimum atomic E-state index is -0.656. The summed E-state index contributed by atoms with van der Waals surface area (Å²) in [5.74, 6) is 1.59. The molecular formula is C15H23NO4. The lowest BCUT2D eigenvalue weighted by Gasteiger charge is -2.45. The zero-order valence-electron chi connectivity index (χ0n) is 12.3. The molecule has 3 N–H and O–H groups in total. The van der Waals surface area contributed by atoms with Crippen LogP contribution in [0.15, 0.2) is 12.1 Å². The van der Waals surface area contributed by atoms with Gasteiger partial charge in [-0.25, -0.2) is 0 Å². The summed E-state index contributed by atoms with van der Waals surface area (Å²) in [6.07, 6.45) is 2.31. The van der Waals surface area contributed by atoms with E-state index in [-0.39, 0.29) is 5.41 Å². The number of aliphatic hydroxyl groups excluding tert-OH is 1. The maximum absolute atomic E-state index is 10.7. The van der Waals surface area contributed by atoms with Gasteiger partial charge in [0.05, 0.1) is 27.4 Å². The molecule has 1 atom stereocenters. The van der Waals surface area contributed by atoms with Gasteiger partial charge < -0.3 is 25.1 Å². The second kappa shape index (κ2) is 5.89. The fraction of sp³-hybridized carbons (Fsp3) is 0.600. The Kier molecular flexibility index (Phi) is 4.40. The predicted octanol–water partition coefficient (Wildman–Crippen LogP) is 1.87. The van der Waals surface area contributed by atoms with Gasteiger partial charge in [0.15, 0.2) is 11.5 Å². The molecule has 1 fully saturated rings. The molecule has 5 nitrogen and oxygen atoms in total. The van der Waals surface area contributed by atoms with Crippen LogP contribution in [0, 0.1) is 5.41 Å². The van der Waals surface area contributed by atoms with Gasteiger partial charge in [0.2, 0.25) is 5.75 Å². The first kappa shape index (κ1) is 14.9. The van der Waals surface area contributed by atoms with Gasteiger partial charge in [-0.2, -0.15) is 0 Å². The van der Waals surface area contributed by atoms with E-state index in [2.05, 4.69) is 0 Å². The number of ether oxygens (including phenoxy) is 3. The van der Waals surface area contributed by atoms with Crippen LogP contribution in [0.1, 0.15) is 30.9 Å². The van der Waals surface area contributed by atoms with Gasteiger partial charge >= 0.3 is 0 Å². The van der Waals surface area contributed by atoms with E-state index in [1.54, 1.807) is 27.4 Å². The Morgan fingerprint density at radius 2 is 1.80 bits per heavy atom. The van der Waals surface area contributed by atoms with E-state index in [1.807, 2.05) is 6.07 Å². The highest BCUT2D eigenvalue weighted by atomic mass is 16.5. The standard InChI is InChI=1S/C15H23NO4/c1-18-11-6-5-10(12(19-2)13(11)20-3)14(17)15(9-16)7-4-8-15/h5-6,14,17H,4,7-9,16H2,1-3H3. The van der Waals surface area contributed by atoms with Gasteiger partial charge in [0.1, 0.15) is 0 Å². The zero-order valence-corrected chi connectivity index (χ0v) is 12.3. The lowest BCUT2D eigenvalue weighted by Crippen LogP contribution is -2.42. The molecule has 0 radical (unpaired) electrons. The summed E-state index contributed by atoms with van der Waals surface area (Å²) in [6, 6.07) is 3.60. The van der Waals surface area contributed by atoms with Crippen molar-refractivity contribution in [3.63, 3.8) is 0 Å². The third kappa shape index (κ3) is 2.21. The second-order valence-corrected chi connectivity index (χ2v) is 5.25. The highest BCUT2D eigenvalue weighted by Gasteiger charge is 2.44. The van der Waals surface area contributed by atoms with Crippen LogP contribution in [0.4, 0.5) is 0 Å². The highest BCUT2D eigenvalue weighted by molar-refractivity contribution is 5.56. The van der Waals surface area contributed by atoms with E-state index in [0.29, 0.717) is 29.4 Å². The zero-order chi connectivity index (χ0) is 14.8. The molecule has 2 rings (SSSR count). The summed E-state index contributed by atoms with van der Waals surface area (Å²) in [6.45, 7) is 0.464. The maximum Gasteiger partial charge on any atom is 0.203 e. The van der Waals surface area contributed by atoms with Crippen LogP contribution < -0.4 is 19.9 Å². The van der Waals surface area contributed by atoms with Crippen LogP contribution in [0.25, 0.3) is 0 Å². The van der Waals surface area contributed by atoms with Crippen molar-refractivity contribution in [2.24, 2.45) is 11.1 Å². The number of nitrogens with two attached hydrogens (primary N) is 1. The van der Waals surface area contributed by atoms with E-state index in [4.69, 9.17) is 19.9 Å². The molecule has 0 aromatic heterocycles. The van der Waals surface area contributed by atoms with Gasteiger partial charge in [-0.1, -0.05) is 6.42 Å². The number of benzene rings is 1. The molecule has 1 unspecified atom stereocenters. The van der Waals surface area contributed by atoms with E-state index >= 15 is 0 Å². The summed E-state index contributed by atoms with van der Waals surface area (Å²) in [5.41, 5.74) is 6.33. The molecule has 1 aromatic rings. The molecule has 0 heterocycles. The lowest BCUT2D eigenvalue weighted by atomic mass is 9.63. The average molecular weight is 281 g/mol. The Balaban J connectivity index is 2.46. The van der Waals surface area contributed by atoms with E-state index < -0.39 is 6.10 Å². The minimum Gasteiger partial charge on any atom is -0.493 e. The van der Waals surface area contributed by atoms with Gasteiger partial charge in [0.25, 0.3) is 0 Å². The molecule has 112 valence electrons. The normalized spacial score (nSPS) is 18.1. The van der Waals surface area contributed by atoms with E-state index in [1.165, 1.54) is 0 Å². The van der Waals surface area contributed by atoms with Crippen molar-refractivity contribution in [2.45, 2.75) is 25.4 Å². The summed E-state index contributed by atoms with van der Waals surface area (Å²) in [7, 11) is 4.68. The average Bonchev–Trinajstić information content (AvgIpc) is 2.44. The lowest BCUT2D eigenvalue weighted by molar-refractivity contribution is -0.0310. The van der Waals surface area contributed by atoms with Gasteiger partial charge in [-0.15, -0.1) is 0 Å². The quantitative estimate of drug-likeness (QED) is 0.832. The monoisotopic (exact) mass is 281 g/mol. The van der Waals surface area contributed by atoms with Crippen molar-refractivity contribution < 1.29 is 19.3 Å². The number of aliphatic hydroxyl groups is 1. The van der Waals surface area contributed by atoms with E-state index in [0.717, 1.165) is 19.3 Å². The predicted molar refractivity (Wildman–Crippen MR) is 76.4 cm³/mol. The van der Waals surface area contributed by atoms with Crippen molar-refractivity contribution in [1.29, 1.82) is 0 Å². The van der Waals surface area contributed by atoms with Crippen molar-refractivity contribution >= 4 is 0 Å². The smallest absolute Gasteiger partial charge is 0.203 e. The van der Waals surface area contributed by atoms with Gasteiger partial charge in [0, 0.05) is 17.5 Å². The minimum absolute atomic E-state index is 0.243. The van der Waals surface area contributed by atoms with Crippen LogP contribution in [-0.4, -0.2) is 33.0 Å². The number of hydrogen-bond acceptors (Lipinski definition) is 5. The van der Waals surface area contributed by atoms with Crippen molar-refractivity contribution in [2.75, 3.05) is 27.9 Å². The summed E-state index contributed by atoms with van der Waals surface area (Å²) < 4.78 is 16.0. The molecule has 0 bridgehead atoms. The van der Waals surface area contributed by atoms with Crippen LogP contribution in [0.2, 0.25) is 0 Å². The first-order valence-electron chi connectivity index (χ1n) is 6.80. The third-order valence-electron chi connectivity index (χ3n) is 4.37. The molecule has 1 aromatic carbocycles. The van der Waals surface area contributed by atoms with Gasteiger partial charge in [-0.3, -0.25) is 0 Å². The Morgan fingerprint density at radius 3 is 2.20 bits per heavy atom. The molecule has 0 aliphatic heterocycles. The molecule has 0 saturated heterocycles. The fourth-order valence-corrected chi connectivity index (χ4v) is 2.89. The SMILES string of the molecule is COc1ccc(C(O)C2(CN)CCC2)c(OC)c1OC. The second-order valence-electron chi connectivity index (χ2n) is 5.25. The van der Waals surface area contributed by atoms with E-state index in [9.17, 15) is 5.11 Å². The molecule has 0 spiro atoms. The highest BCUT2D eigenvalue weighted by Crippen LogP contribution is 2.53. The Hall–Kier alpha value is -1.46.